The number of anilines is 2. The Morgan fingerprint density at radius 1 is 1.16 bits per heavy atom. The average molecular weight is 521 g/mol. The van der Waals surface area contributed by atoms with E-state index < -0.39 is 5.97 Å². The Morgan fingerprint density at radius 3 is 2.68 bits per heavy atom. The van der Waals surface area contributed by atoms with Crippen molar-refractivity contribution in [2.75, 3.05) is 56.9 Å². The Bertz CT molecular complexity index is 1390. The summed E-state index contributed by atoms with van der Waals surface area (Å²) in [4.78, 5) is 35.8. The van der Waals surface area contributed by atoms with Crippen LogP contribution in [-0.2, 0) is 16.0 Å². The molecule has 0 N–H and O–H groups in total. The highest BCUT2D eigenvalue weighted by molar-refractivity contribution is 7.19. The summed E-state index contributed by atoms with van der Waals surface area (Å²) >= 11 is 1.66. The van der Waals surface area contributed by atoms with E-state index in [0.717, 1.165) is 45.3 Å². The Kier molecular flexibility index (Phi) is 7.42. The lowest BCUT2D eigenvalue weighted by molar-refractivity contribution is 0.0525. The molecule has 192 valence electrons. The van der Waals surface area contributed by atoms with Crippen LogP contribution in [0, 0.1) is 0 Å². The van der Waals surface area contributed by atoms with Crippen LogP contribution >= 0.6 is 11.3 Å². The highest BCUT2D eigenvalue weighted by Crippen LogP contribution is 2.35. The first-order valence-electron chi connectivity index (χ1n) is 12.0. The number of esters is 1. The Hall–Kier alpha value is -3.83. The van der Waals surface area contributed by atoms with E-state index in [1.165, 1.54) is 12.4 Å². The van der Waals surface area contributed by atoms with E-state index in [4.69, 9.17) is 24.2 Å². The van der Waals surface area contributed by atoms with Crippen molar-refractivity contribution in [3.63, 3.8) is 0 Å². The molecule has 4 aromatic rings. The summed E-state index contributed by atoms with van der Waals surface area (Å²) in [5, 5.41) is 0. The van der Waals surface area contributed by atoms with Gasteiger partial charge >= 0.3 is 5.97 Å². The van der Waals surface area contributed by atoms with Crippen LogP contribution in [0.15, 0.2) is 42.7 Å². The second-order valence-electron chi connectivity index (χ2n) is 8.48. The van der Waals surface area contributed by atoms with Gasteiger partial charge in [0.15, 0.2) is 11.6 Å². The van der Waals surface area contributed by atoms with E-state index in [2.05, 4.69) is 20.9 Å². The molecular formula is C26H28N6O4S. The number of ether oxygens (including phenoxy) is 3. The SMILES string of the molecule is CCOC(=O)c1cnc(N(C)Cc2cc3nc(-c4cccc(OC)c4)nc(N4CCOCC4)c3s2)nc1. The van der Waals surface area contributed by atoms with Crippen LogP contribution in [0.25, 0.3) is 21.6 Å². The zero-order chi connectivity index (χ0) is 25.8. The number of hydrogen-bond acceptors (Lipinski definition) is 11. The van der Waals surface area contributed by atoms with Crippen LogP contribution in [0.4, 0.5) is 11.8 Å². The minimum Gasteiger partial charge on any atom is -0.497 e. The van der Waals surface area contributed by atoms with Gasteiger partial charge in [-0.2, -0.15) is 0 Å². The van der Waals surface area contributed by atoms with E-state index in [1.54, 1.807) is 25.4 Å². The average Bonchev–Trinajstić information content (AvgIpc) is 3.35. The molecule has 5 rings (SSSR count). The molecule has 0 spiro atoms. The first kappa shape index (κ1) is 24.8. The number of methoxy groups -OCH3 is 1. The van der Waals surface area contributed by atoms with E-state index in [1.807, 2.05) is 36.2 Å². The van der Waals surface area contributed by atoms with Crippen LogP contribution in [0.1, 0.15) is 22.2 Å². The molecule has 1 aliphatic rings. The van der Waals surface area contributed by atoms with Gasteiger partial charge in [-0.15, -0.1) is 11.3 Å². The van der Waals surface area contributed by atoms with Crippen molar-refractivity contribution in [3.8, 4) is 17.1 Å². The summed E-state index contributed by atoms with van der Waals surface area (Å²) in [7, 11) is 3.57. The van der Waals surface area contributed by atoms with Crippen LogP contribution in [0.3, 0.4) is 0 Å². The summed E-state index contributed by atoms with van der Waals surface area (Å²) in [5.41, 5.74) is 2.12. The quantitative estimate of drug-likeness (QED) is 0.319. The first-order valence-corrected chi connectivity index (χ1v) is 12.8. The minimum absolute atomic E-state index is 0.307. The van der Waals surface area contributed by atoms with Crippen LogP contribution in [-0.4, -0.2) is 73.0 Å². The van der Waals surface area contributed by atoms with Crippen LogP contribution in [0.5, 0.6) is 5.75 Å². The molecular weight excluding hydrogens is 492 g/mol. The number of carbonyl (C=O) groups excluding carboxylic acids is 1. The van der Waals surface area contributed by atoms with E-state index in [0.29, 0.717) is 43.7 Å². The molecule has 1 fully saturated rings. The zero-order valence-electron chi connectivity index (χ0n) is 21.0. The number of fused-ring (bicyclic) bond motifs is 1. The maximum atomic E-state index is 11.9. The standard InChI is InChI=1S/C26H28N6O4S/c1-4-36-25(33)18-14-27-26(28-15-18)31(2)16-20-13-21-22(37-20)24(32-8-10-35-11-9-32)30-23(29-21)17-6-5-7-19(12-17)34-3/h5-7,12-15H,4,8-11,16H2,1-3H3. The lowest BCUT2D eigenvalue weighted by Crippen LogP contribution is -2.36. The predicted molar refractivity (Wildman–Crippen MR) is 143 cm³/mol. The Morgan fingerprint density at radius 2 is 1.95 bits per heavy atom. The summed E-state index contributed by atoms with van der Waals surface area (Å²) < 4.78 is 17.0. The van der Waals surface area contributed by atoms with E-state index in [-0.39, 0.29) is 0 Å². The summed E-state index contributed by atoms with van der Waals surface area (Å²) in [6, 6.07) is 9.88. The zero-order valence-corrected chi connectivity index (χ0v) is 21.8. The van der Waals surface area contributed by atoms with Gasteiger partial charge in [0.25, 0.3) is 0 Å². The van der Waals surface area contributed by atoms with Gasteiger partial charge in [-0.05, 0) is 25.1 Å². The van der Waals surface area contributed by atoms with Gasteiger partial charge in [0.2, 0.25) is 5.95 Å². The van der Waals surface area contributed by atoms with Crippen LogP contribution < -0.4 is 14.5 Å². The van der Waals surface area contributed by atoms with Crippen LogP contribution in [0.2, 0.25) is 0 Å². The minimum atomic E-state index is -0.428. The predicted octanol–water partition coefficient (Wildman–Crippen LogP) is 3.81. The number of hydrogen-bond donors (Lipinski definition) is 0. The molecule has 1 aromatic carbocycles. The van der Waals surface area contributed by atoms with Gasteiger partial charge in [0.05, 0.1) is 49.3 Å². The second kappa shape index (κ2) is 11.1. The second-order valence-corrected chi connectivity index (χ2v) is 9.61. The molecule has 0 saturated carbocycles. The molecule has 0 atom stereocenters. The molecule has 0 unspecified atom stereocenters. The molecule has 0 amide bonds. The maximum Gasteiger partial charge on any atom is 0.341 e. The highest BCUT2D eigenvalue weighted by Gasteiger charge is 2.21. The summed E-state index contributed by atoms with van der Waals surface area (Å²) in [5.74, 6) is 2.42. The lowest BCUT2D eigenvalue weighted by Gasteiger charge is -2.28. The fourth-order valence-electron chi connectivity index (χ4n) is 4.07. The normalized spacial score (nSPS) is 13.5. The molecule has 11 heteroatoms. The van der Waals surface area contributed by atoms with Gasteiger partial charge in [0, 0.05) is 43.0 Å². The number of aromatic nitrogens is 4. The number of nitrogens with zero attached hydrogens (tertiary/aromatic N) is 6. The number of morpholine rings is 1. The molecule has 10 nitrogen and oxygen atoms in total. The number of thiophene rings is 1. The van der Waals surface area contributed by atoms with Crippen molar-refractivity contribution in [2.24, 2.45) is 0 Å². The van der Waals surface area contributed by atoms with Crippen molar-refractivity contribution in [2.45, 2.75) is 13.5 Å². The van der Waals surface area contributed by atoms with Gasteiger partial charge in [-0.1, -0.05) is 12.1 Å². The largest absolute Gasteiger partial charge is 0.497 e. The molecule has 1 saturated heterocycles. The Labute approximate surface area is 218 Å². The van der Waals surface area contributed by atoms with Gasteiger partial charge < -0.3 is 24.0 Å². The fraction of sp³-hybridized carbons (Fsp3) is 0.346. The maximum absolute atomic E-state index is 11.9. The van der Waals surface area contributed by atoms with Gasteiger partial charge in [0.1, 0.15) is 5.75 Å². The number of benzene rings is 1. The van der Waals surface area contributed by atoms with Crippen molar-refractivity contribution in [1.29, 1.82) is 0 Å². The number of rotatable bonds is 8. The lowest BCUT2D eigenvalue weighted by atomic mass is 10.2. The van der Waals surface area contributed by atoms with Gasteiger partial charge in [-0.3, -0.25) is 0 Å². The van der Waals surface area contributed by atoms with Crippen molar-refractivity contribution in [1.82, 2.24) is 19.9 Å². The summed E-state index contributed by atoms with van der Waals surface area (Å²) in [6.07, 6.45) is 2.98. The third kappa shape index (κ3) is 5.47. The molecule has 0 aliphatic carbocycles. The molecule has 4 heterocycles. The monoisotopic (exact) mass is 520 g/mol. The molecule has 37 heavy (non-hydrogen) atoms. The van der Waals surface area contributed by atoms with E-state index >= 15 is 0 Å². The van der Waals surface area contributed by atoms with Crippen molar-refractivity contribution in [3.05, 3.63) is 53.2 Å². The highest BCUT2D eigenvalue weighted by atomic mass is 32.1. The number of carbonyl (C=O) groups is 1. The molecule has 1 aliphatic heterocycles. The molecule has 0 bridgehead atoms. The van der Waals surface area contributed by atoms with Gasteiger partial charge in [-0.25, -0.2) is 24.7 Å². The topological polar surface area (TPSA) is 103 Å². The van der Waals surface area contributed by atoms with Crippen molar-refractivity contribution >= 4 is 39.3 Å². The third-order valence-electron chi connectivity index (χ3n) is 5.93. The summed E-state index contributed by atoms with van der Waals surface area (Å²) in [6.45, 7) is 5.54. The smallest absolute Gasteiger partial charge is 0.341 e. The third-order valence-corrected chi connectivity index (χ3v) is 7.03. The first-order chi connectivity index (χ1) is 18.1. The molecule has 3 aromatic heterocycles. The Balaban J connectivity index is 1.46. The molecule has 0 radical (unpaired) electrons. The fourth-order valence-corrected chi connectivity index (χ4v) is 5.23. The van der Waals surface area contributed by atoms with Crippen molar-refractivity contribution < 1.29 is 19.0 Å². The van der Waals surface area contributed by atoms with E-state index in [9.17, 15) is 4.79 Å².